The number of amides is 2. The van der Waals surface area contributed by atoms with E-state index in [1.807, 2.05) is 0 Å². The van der Waals surface area contributed by atoms with E-state index in [1.165, 1.54) is 11.0 Å². The normalized spacial score (nSPS) is 17.7. The standard InChI is InChI=1S/C22H20BrF2N3O3/c23-17-8-13(4-5-18(17)29)20-21(31)28(22(27-20)6-2-1-3-7-22)12-19(30)26-16-10-14(24)9-15(25)11-16/h4-5,8-11,29H,1-3,6-7,12H2,(H,26,30). The molecule has 2 N–H and O–H groups in total. The lowest BCUT2D eigenvalue weighted by Gasteiger charge is -2.38. The van der Waals surface area contributed by atoms with Crippen LogP contribution in [-0.4, -0.2) is 39.7 Å². The maximum Gasteiger partial charge on any atom is 0.275 e. The molecule has 2 aliphatic rings. The smallest absolute Gasteiger partial charge is 0.275 e. The quantitative estimate of drug-likeness (QED) is 0.666. The first-order valence-corrected chi connectivity index (χ1v) is 10.7. The molecule has 6 nitrogen and oxygen atoms in total. The summed E-state index contributed by atoms with van der Waals surface area (Å²) in [6.45, 7) is -0.288. The molecule has 1 saturated carbocycles. The molecule has 0 radical (unpaired) electrons. The van der Waals surface area contributed by atoms with Crippen molar-refractivity contribution in [2.24, 2.45) is 4.99 Å². The Kier molecular flexibility index (Phi) is 5.79. The molecule has 4 rings (SSSR count). The molecule has 0 unspecified atom stereocenters. The molecule has 2 amide bonds. The molecule has 2 aromatic rings. The first kappa shape index (κ1) is 21.4. The van der Waals surface area contributed by atoms with Gasteiger partial charge in [0.2, 0.25) is 5.91 Å². The van der Waals surface area contributed by atoms with Gasteiger partial charge in [0.1, 0.15) is 35.3 Å². The summed E-state index contributed by atoms with van der Waals surface area (Å²) in [5.74, 6) is -2.52. The number of hydrogen-bond acceptors (Lipinski definition) is 4. The molecule has 1 fully saturated rings. The molecule has 1 spiro atoms. The second kappa shape index (κ2) is 8.37. The predicted molar refractivity (Wildman–Crippen MR) is 115 cm³/mol. The fourth-order valence-electron chi connectivity index (χ4n) is 4.16. The van der Waals surface area contributed by atoms with Gasteiger partial charge in [-0.3, -0.25) is 14.6 Å². The van der Waals surface area contributed by atoms with Crippen LogP contribution in [0.1, 0.15) is 37.7 Å². The Labute approximate surface area is 186 Å². The van der Waals surface area contributed by atoms with Crippen LogP contribution in [0, 0.1) is 11.6 Å². The highest BCUT2D eigenvalue weighted by Crippen LogP contribution is 2.40. The molecule has 31 heavy (non-hydrogen) atoms. The summed E-state index contributed by atoms with van der Waals surface area (Å²) in [4.78, 5) is 32.2. The summed E-state index contributed by atoms with van der Waals surface area (Å²) in [7, 11) is 0. The fraction of sp³-hybridized carbons (Fsp3) is 0.318. The Morgan fingerprint density at radius 3 is 2.45 bits per heavy atom. The number of hydrogen-bond donors (Lipinski definition) is 2. The van der Waals surface area contributed by atoms with Gasteiger partial charge >= 0.3 is 0 Å². The van der Waals surface area contributed by atoms with Gasteiger partial charge in [0.25, 0.3) is 5.91 Å². The van der Waals surface area contributed by atoms with Gasteiger partial charge < -0.3 is 15.3 Å². The zero-order chi connectivity index (χ0) is 22.2. The van der Waals surface area contributed by atoms with Gasteiger partial charge in [0.15, 0.2) is 0 Å². The average Bonchev–Trinajstić information content (AvgIpc) is 2.96. The van der Waals surface area contributed by atoms with E-state index in [0.29, 0.717) is 28.9 Å². The van der Waals surface area contributed by atoms with Crippen LogP contribution in [0.15, 0.2) is 45.9 Å². The minimum atomic E-state index is -0.820. The van der Waals surface area contributed by atoms with E-state index in [1.54, 1.807) is 12.1 Å². The molecule has 0 bridgehead atoms. The SMILES string of the molecule is O=C(CN1C(=O)C(c2ccc(O)c(Br)c2)=NC12CCCCC2)Nc1cc(F)cc(F)c1. The van der Waals surface area contributed by atoms with Crippen molar-refractivity contribution < 1.29 is 23.5 Å². The summed E-state index contributed by atoms with van der Waals surface area (Å²) in [6, 6.07) is 7.43. The molecule has 1 heterocycles. The number of rotatable bonds is 4. The largest absolute Gasteiger partial charge is 0.507 e. The van der Waals surface area contributed by atoms with E-state index in [-0.39, 0.29) is 29.6 Å². The zero-order valence-corrected chi connectivity index (χ0v) is 18.1. The molecule has 0 atom stereocenters. The number of anilines is 1. The Morgan fingerprint density at radius 1 is 1.13 bits per heavy atom. The van der Waals surface area contributed by atoms with Crippen LogP contribution in [-0.2, 0) is 9.59 Å². The van der Waals surface area contributed by atoms with E-state index >= 15 is 0 Å². The molecule has 0 aromatic heterocycles. The van der Waals surface area contributed by atoms with Gasteiger partial charge in [0.05, 0.1) is 4.47 Å². The lowest BCUT2D eigenvalue weighted by molar-refractivity contribution is -0.134. The van der Waals surface area contributed by atoms with Crippen molar-refractivity contribution in [2.45, 2.75) is 37.8 Å². The van der Waals surface area contributed by atoms with Crippen LogP contribution in [0.2, 0.25) is 0 Å². The third kappa shape index (κ3) is 4.32. The van der Waals surface area contributed by atoms with Crippen LogP contribution in [0.4, 0.5) is 14.5 Å². The predicted octanol–water partition coefficient (Wildman–Crippen LogP) is 4.36. The lowest BCUT2D eigenvalue weighted by Crippen LogP contribution is -2.51. The number of nitrogens with one attached hydrogen (secondary N) is 1. The van der Waals surface area contributed by atoms with Crippen molar-refractivity contribution in [3.63, 3.8) is 0 Å². The number of carbonyl (C=O) groups is 2. The molecule has 9 heteroatoms. The Balaban J connectivity index is 1.60. The summed E-state index contributed by atoms with van der Waals surface area (Å²) in [5.41, 5.74) is -0.0723. The highest BCUT2D eigenvalue weighted by Gasteiger charge is 2.48. The van der Waals surface area contributed by atoms with Gasteiger partial charge in [-0.25, -0.2) is 8.78 Å². The van der Waals surface area contributed by atoms with Gasteiger partial charge in [-0.15, -0.1) is 0 Å². The highest BCUT2D eigenvalue weighted by molar-refractivity contribution is 9.10. The summed E-state index contributed by atoms with van der Waals surface area (Å²) >= 11 is 3.25. The Morgan fingerprint density at radius 2 is 1.81 bits per heavy atom. The third-order valence-corrected chi connectivity index (χ3v) is 6.23. The third-order valence-electron chi connectivity index (χ3n) is 5.59. The van der Waals surface area contributed by atoms with Crippen LogP contribution >= 0.6 is 15.9 Å². The molecular formula is C22H20BrF2N3O3. The number of nitrogens with zero attached hydrogens (tertiary/aromatic N) is 2. The maximum absolute atomic E-state index is 13.4. The number of carbonyl (C=O) groups excluding carboxylic acids is 2. The number of halogens is 3. The average molecular weight is 492 g/mol. The van der Waals surface area contributed by atoms with Crippen LogP contribution < -0.4 is 5.32 Å². The van der Waals surface area contributed by atoms with Crippen LogP contribution in [0.25, 0.3) is 0 Å². The van der Waals surface area contributed by atoms with E-state index in [2.05, 4.69) is 21.2 Å². The monoisotopic (exact) mass is 491 g/mol. The maximum atomic E-state index is 13.4. The first-order valence-electron chi connectivity index (χ1n) is 9.94. The Hall–Kier alpha value is -2.81. The first-order chi connectivity index (χ1) is 14.8. The van der Waals surface area contributed by atoms with Gasteiger partial charge in [-0.2, -0.15) is 0 Å². The number of aromatic hydroxyl groups is 1. The molecule has 1 aliphatic carbocycles. The van der Waals surface area contributed by atoms with E-state index in [4.69, 9.17) is 4.99 Å². The second-order valence-corrected chi connectivity index (χ2v) is 8.62. The highest BCUT2D eigenvalue weighted by atomic mass is 79.9. The van der Waals surface area contributed by atoms with Crippen molar-refractivity contribution in [2.75, 3.05) is 11.9 Å². The van der Waals surface area contributed by atoms with Crippen molar-refractivity contribution >= 4 is 39.1 Å². The second-order valence-electron chi connectivity index (χ2n) is 7.77. The van der Waals surface area contributed by atoms with E-state index in [0.717, 1.165) is 31.4 Å². The van der Waals surface area contributed by atoms with Crippen molar-refractivity contribution in [1.29, 1.82) is 0 Å². The minimum absolute atomic E-state index is 0.0181. The Bertz CT molecular complexity index is 1060. The minimum Gasteiger partial charge on any atom is -0.507 e. The molecular weight excluding hydrogens is 472 g/mol. The van der Waals surface area contributed by atoms with Crippen molar-refractivity contribution in [3.05, 3.63) is 58.1 Å². The van der Waals surface area contributed by atoms with E-state index in [9.17, 15) is 23.5 Å². The number of phenols is 1. The molecule has 1 aliphatic heterocycles. The summed E-state index contributed by atoms with van der Waals surface area (Å²) in [5, 5.41) is 12.2. The van der Waals surface area contributed by atoms with Gasteiger partial charge in [-0.1, -0.05) is 6.42 Å². The lowest BCUT2D eigenvalue weighted by atomic mass is 9.88. The molecule has 0 saturated heterocycles. The van der Waals surface area contributed by atoms with Crippen LogP contribution in [0.5, 0.6) is 5.75 Å². The van der Waals surface area contributed by atoms with E-state index < -0.39 is 23.2 Å². The number of benzene rings is 2. The fourth-order valence-corrected chi connectivity index (χ4v) is 4.54. The number of phenolic OH excluding ortho intramolecular Hbond substituents is 1. The summed E-state index contributed by atoms with van der Waals surface area (Å²) in [6.07, 6.45) is 4.02. The van der Waals surface area contributed by atoms with Crippen molar-refractivity contribution in [1.82, 2.24) is 4.90 Å². The molecule has 2 aromatic carbocycles. The van der Waals surface area contributed by atoms with Gasteiger partial charge in [-0.05, 0) is 71.9 Å². The topological polar surface area (TPSA) is 82.0 Å². The van der Waals surface area contributed by atoms with Crippen molar-refractivity contribution in [3.8, 4) is 5.75 Å². The molecule has 162 valence electrons. The zero-order valence-electron chi connectivity index (χ0n) is 16.5. The van der Waals surface area contributed by atoms with Crippen LogP contribution in [0.3, 0.4) is 0 Å². The summed E-state index contributed by atoms with van der Waals surface area (Å²) < 4.78 is 27.3. The van der Waals surface area contributed by atoms with Gasteiger partial charge in [0, 0.05) is 17.3 Å². The number of aliphatic imine (C=N–C) groups is 1.